The number of benzene rings is 2. The number of nitrogens with one attached hydrogen (secondary N) is 1. The molecule has 0 unspecified atom stereocenters. The van der Waals surface area contributed by atoms with Crippen LogP contribution < -0.4 is 10.1 Å². The molecule has 29 heavy (non-hydrogen) atoms. The van der Waals surface area contributed by atoms with Crippen LogP contribution >= 0.6 is 11.6 Å². The summed E-state index contributed by atoms with van der Waals surface area (Å²) in [5, 5.41) is 13.9. The van der Waals surface area contributed by atoms with Crippen molar-refractivity contribution in [3.8, 4) is 5.75 Å². The largest absolute Gasteiger partial charge is 0.494 e. The van der Waals surface area contributed by atoms with Gasteiger partial charge in [0.1, 0.15) is 5.75 Å². The second kappa shape index (κ2) is 9.24. The molecule has 0 bridgehead atoms. The number of carbonyl (C=O) groups excluding carboxylic acids is 1. The van der Waals surface area contributed by atoms with Crippen LogP contribution in [0.1, 0.15) is 35.7 Å². The molecule has 0 spiro atoms. The standard InChI is InChI=1S/C21H23ClN2O5/c1-2-29-17-6-3-15(4-7-17)21(9-11-28-12-10-21)14-23-20(25)18-8-5-16(24(26)27)13-19(18)22/h3-8,13H,2,9-12,14H2,1H3,(H,23,25). The van der Waals surface area contributed by atoms with Gasteiger partial charge in [0.2, 0.25) is 0 Å². The van der Waals surface area contributed by atoms with E-state index in [0.29, 0.717) is 26.4 Å². The van der Waals surface area contributed by atoms with Crippen molar-refractivity contribution in [2.24, 2.45) is 0 Å². The van der Waals surface area contributed by atoms with E-state index in [4.69, 9.17) is 21.1 Å². The van der Waals surface area contributed by atoms with Gasteiger partial charge < -0.3 is 14.8 Å². The number of hydrogen-bond acceptors (Lipinski definition) is 5. The van der Waals surface area contributed by atoms with Gasteiger partial charge in [0.15, 0.2) is 0 Å². The first-order valence-corrected chi connectivity index (χ1v) is 9.86. The zero-order chi connectivity index (χ0) is 20.9. The Labute approximate surface area is 174 Å². The van der Waals surface area contributed by atoms with Crippen LogP contribution in [0.4, 0.5) is 5.69 Å². The second-order valence-electron chi connectivity index (χ2n) is 6.95. The summed E-state index contributed by atoms with van der Waals surface area (Å²) in [6, 6.07) is 11.8. The lowest BCUT2D eigenvalue weighted by Crippen LogP contribution is -2.44. The number of non-ortho nitro benzene ring substituents is 1. The molecule has 0 atom stereocenters. The van der Waals surface area contributed by atoms with E-state index in [2.05, 4.69) is 5.32 Å². The Balaban J connectivity index is 1.77. The van der Waals surface area contributed by atoms with E-state index >= 15 is 0 Å². The molecule has 1 heterocycles. The number of amides is 1. The van der Waals surface area contributed by atoms with Crippen LogP contribution in [-0.4, -0.2) is 37.2 Å². The maximum atomic E-state index is 12.7. The zero-order valence-electron chi connectivity index (χ0n) is 16.2. The highest BCUT2D eigenvalue weighted by Gasteiger charge is 2.35. The quantitative estimate of drug-likeness (QED) is 0.539. The molecular weight excluding hydrogens is 396 g/mol. The molecule has 1 aliphatic heterocycles. The van der Waals surface area contributed by atoms with Crippen molar-refractivity contribution in [3.63, 3.8) is 0 Å². The molecule has 1 amide bonds. The molecule has 2 aromatic rings. The lowest BCUT2D eigenvalue weighted by Gasteiger charge is -2.38. The Hall–Kier alpha value is -2.64. The summed E-state index contributed by atoms with van der Waals surface area (Å²) in [6.45, 7) is 4.18. The van der Waals surface area contributed by atoms with E-state index in [0.717, 1.165) is 24.2 Å². The monoisotopic (exact) mass is 418 g/mol. The van der Waals surface area contributed by atoms with Gasteiger partial charge in [-0.25, -0.2) is 0 Å². The number of hydrogen-bond donors (Lipinski definition) is 1. The molecule has 8 heteroatoms. The van der Waals surface area contributed by atoms with Gasteiger partial charge in [-0.05, 0) is 43.5 Å². The average Bonchev–Trinajstić information content (AvgIpc) is 2.73. The molecule has 0 aromatic heterocycles. The van der Waals surface area contributed by atoms with E-state index in [9.17, 15) is 14.9 Å². The van der Waals surface area contributed by atoms with Gasteiger partial charge in [-0.15, -0.1) is 0 Å². The van der Waals surface area contributed by atoms with Crippen LogP contribution in [0, 0.1) is 10.1 Å². The van der Waals surface area contributed by atoms with Crippen LogP contribution in [0.3, 0.4) is 0 Å². The van der Waals surface area contributed by atoms with Gasteiger partial charge in [-0.1, -0.05) is 23.7 Å². The molecule has 154 valence electrons. The first kappa shape index (κ1) is 21.1. The topological polar surface area (TPSA) is 90.7 Å². The van der Waals surface area contributed by atoms with Crippen molar-refractivity contribution in [2.75, 3.05) is 26.4 Å². The highest BCUT2D eigenvalue weighted by Crippen LogP contribution is 2.35. The van der Waals surface area contributed by atoms with E-state index in [1.165, 1.54) is 18.2 Å². The Morgan fingerprint density at radius 1 is 1.24 bits per heavy atom. The van der Waals surface area contributed by atoms with E-state index in [1.807, 2.05) is 31.2 Å². The molecule has 1 N–H and O–H groups in total. The first-order valence-electron chi connectivity index (χ1n) is 9.48. The van der Waals surface area contributed by atoms with Gasteiger partial charge >= 0.3 is 0 Å². The van der Waals surface area contributed by atoms with Gasteiger partial charge in [-0.3, -0.25) is 14.9 Å². The lowest BCUT2D eigenvalue weighted by molar-refractivity contribution is -0.384. The molecule has 1 saturated heterocycles. The van der Waals surface area contributed by atoms with Gasteiger partial charge in [-0.2, -0.15) is 0 Å². The molecule has 3 rings (SSSR count). The fraction of sp³-hybridized carbons (Fsp3) is 0.381. The normalized spacial score (nSPS) is 15.5. The van der Waals surface area contributed by atoms with E-state index in [1.54, 1.807) is 0 Å². The predicted molar refractivity (Wildman–Crippen MR) is 110 cm³/mol. The number of nitro groups is 1. The highest BCUT2D eigenvalue weighted by atomic mass is 35.5. The minimum atomic E-state index is -0.545. The van der Waals surface area contributed by atoms with E-state index in [-0.39, 0.29) is 27.6 Å². The summed E-state index contributed by atoms with van der Waals surface area (Å²) in [6.07, 6.45) is 1.55. The molecule has 1 aliphatic rings. The summed E-state index contributed by atoms with van der Waals surface area (Å²) in [4.78, 5) is 23.0. The number of nitrogens with zero attached hydrogens (tertiary/aromatic N) is 1. The molecule has 7 nitrogen and oxygen atoms in total. The fourth-order valence-electron chi connectivity index (χ4n) is 3.55. The van der Waals surface area contributed by atoms with Crippen LogP contribution in [0.2, 0.25) is 5.02 Å². The maximum Gasteiger partial charge on any atom is 0.270 e. The number of carbonyl (C=O) groups is 1. The van der Waals surface area contributed by atoms with Crippen molar-refractivity contribution in [1.29, 1.82) is 0 Å². The summed E-state index contributed by atoms with van der Waals surface area (Å²) in [5.74, 6) is 0.446. The SMILES string of the molecule is CCOc1ccc(C2(CNC(=O)c3ccc([N+](=O)[O-])cc3Cl)CCOCC2)cc1. The first-order chi connectivity index (χ1) is 13.9. The summed E-state index contributed by atoms with van der Waals surface area (Å²) >= 11 is 6.09. The molecular formula is C21H23ClN2O5. The van der Waals surface area contributed by atoms with Crippen LogP contribution in [0.15, 0.2) is 42.5 Å². The highest BCUT2D eigenvalue weighted by molar-refractivity contribution is 6.34. The molecule has 2 aromatic carbocycles. The third-order valence-corrected chi connectivity index (χ3v) is 5.54. The number of ether oxygens (including phenoxy) is 2. The van der Waals surface area contributed by atoms with Crippen molar-refractivity contribution >= 4 is 23.2 Å². The Kier molecular flexibility index (Phi) is 6.71. The van der Waals surface area contributed by atoms with Gasteiger partial charge in [0.05, 0.1) is 22.1 Å². The smallest absolute Gasteiger partial charge is 0.270 e. The molecule has 0 radical (unpaired) electrons. The Morgan fingerprint density at radius 3 is 2.52 bits per heavy atom. The number of nitro benzene ring substituents is 1. The molecule has 0 aliphatic carbocycles. The minimum absolute atomic E-state index is 0.0544. The minimum Gasteiger partial charge on any atom is -0.494 e. The zero-order valence-corrected chi connectivity index (χ0v) is 16.9. The van der Waals surface area contributed by atoms with E-state index < -0.39 is 4.92 Å². The second-order valence-corrected chi connectivity index (χ2v) is 7.36. The van der Waals surface area contributed by atoms with Gasteiger partial charge in [0, 0.05) is 37.3 Å². The Bertz CT molecular complexity index is 879. The summed E-state index contributed by atoms with van der Waals surface area (Å²) in [7, 11) is 0. The van der Waals surface area contributed by atoms with Crippen LogP contribution in [0.5, 0.6) is 5.75 Å². The van der Waals surface area contributed by atoms with Crippen molar-refractivity contribution in [2.45, 2.75) is 25.2 Å². The van der Waals surface area contributed by atoms with Crippen LogP contribution in [-0.2, 0) is 10.2 Å². The van der Waals surface area contributed by atoms with Crippen molar-refractivity contribution in [3.05, 3.63) is 68.7 Å². The fourth-order valence-corrected chi connectivity index (χ4v) is 3.81. The van der Waals surface area contributed by atoms with Crippen LogP contribution in [0.25, 0.3) is 0 Å². The third kappa shape index (κ3) is 4.86. The van der Waals surface area contributed by atoms with Crippen molar-refractivity contribution in [1.82, 2.24) is 5.32 Å². The average molecular weight is 419 g/mol. The lowest BCUT2D eigenvalue weighted by atomic mass is 9.74. The predicted octanol–water partition coefficient (Wildman–Crippen LogP) is 4.13. The van der Waals surface area contributed by atoms with Crippen molar-refractivity contribution < 1.29 is 19.2 Å². The van der Waals surface area contributed by atoms with Gasteiger partial charge in [0.25, 0.3) is 11.6 Å². The summed E-state index contributed by atoms with van der Waals surface area (Å²) in [5.41, 5.74) is 0.915. The number of rotatable bonds is 7. The maximum absolute atomic E-state index is 12.7. The molecule has 0 saturated carbocycles. The Morgan fingerprint density at radius 2 is 1.93 bits per heavy atom. The third-order valence-electron chi connectivity index (χ3n) is 5.22. The molecule has 1 fully saturated rings. The summed E-state index contributed by atoms with van der Waals surface area (Å²) < 4.78 is 11.1. The number of halogens is 1.